The van der Waals surface area contributed by atoms with Crippen molar-refractivity contribution in [3.63, 3.8) is 0 Å². The minimum atomic E-state index is -0.449. The van der Waals surface area contributed by atoms with Crippen LogP contribution in [0.15, 0.2) is 111 Å². The summed E-state index contributed by atoms with van der Waals surface area (Å²) >= 11 is 1.26. The minimum Gasteiger partial charge on any atom is -0.457 e. The van der Waals surface area contributed by atoms with Crippen LogP contribution >= 0.6 is 11.8 Å². The van der Waals surface area contributed by atoms with Crippen LogP contribution in [0.25, 0.3) is 17.4 Å². The first-order valence-electron chi connectivity index (χ1n) is 10.4. The lowest BCUT2D eigenvalue weighted by Crippen LogP contribution is -2.28. The predicted octanol–water partition coefficient (Wildman–Crippen LogP) is 6.66. The molecule has 34 heavy (non-hydrogen) atoms. The van der Waals surface area contributed by atoms with Crippen molar-refractivity contribution in [3.8, 4) is 11.3 Å². The van der Waals surface area contributed by atoms with E-state index in [-0.39, 0.29) is 11.6 Å². The van der Waals surface area contributed by atoms with Crippen LogP contribution in [0.3, 0.4) is 0 Å². The molecule has 0 atom stereocenters. The number of nitrogens with zero attached hydrogens (tertiary/aromatic N) is 3. The number of amidine groups is 1. The van der Waals surface area contributed by atoms with Gasteiger partial charge < -0.3 is 4.42 Å². The summed E-state index contributed by atoms with van der Waals surface area (Å²) in [6, 6.07) is 28.5. The van der Waals surface area contributed by atoms with Gasteiger partial charge >= 0.3 is 0 Å². The number of furan rings is 1. The Bertz CT molecular complexity index is 1430. The van der Waals surface area contributed by atoms with Crippen LogP contribution < -0.4 is 4.90 Å². The van der Waals surface area contributed by atoms with Crippen LogP contribution in [-0.4, -0.2) is 16.0 Å². The van der Waals surface area contributed by atoms with E-state index in [4.69, 9.17) is 4.42 Å². The standard InChI is InChI=1S/C26H17N3O4S/c30-25-24(17-22-14-15-23(33-22)18-8-7-13-21(16-18)29(31)32)34-26(27-19-9-3-1-4-10-19)28(25)20-11-5-2-6-12-20/h1-17H/b24-17+,27-26?. The molecule has 5 rings (SSSR count). The molecule has 0 unspecified atom stereocenters. The number of non-ortho nitro benzene ring substituents is 1. The van der Waals surface area contributed by atoms with Crippen LogP contribution in [0.1, 0.15) is 5.76 Å². The molecule has 1 amide bonds. The normalized spacial score (nSPS) is 15.9. The second-order valence-electron chi connectivity index (χ2n) is 7.33. The van der Waals surface area contributed by atoms with Crippen LogP contribution in [0.4, 0.5) is 17.1 Å². The molecule has 0 radical (unpaired) electrons. The van der Waals surface area contributed by atoms with Gasteiger partial charge in [-0.2, -0.15) is 0 Å². The molecule has 8 heteroatoms. The number of carbonyl (C=O) groups excluding carboxylic acids is 1. The van der Waals surface area contributed by atoms with Crippen LogP contribution in [0.5, 0.6) is 0 Å². The minimum absolute atomic E-state index is 0.0180. The number of hydrogen-bond donors (Lipinski definition) is 0. The van der Waals surface area contributed by atoms with Crippen molar-refractivity contribution in [1.82, 2.24) is 0 Å². The van der Waals surface area contributed by atoms with Crippen molar-refractivity contribution in [3.05, 3.63) is 118 Å². The summed E-state index contributed by atoms with van der Waals surface area (Å²) in [5.74, 6) is 0.731. The number of rotatable bonds is 5. The third kappa shape index (κ3) is 4.39. The Morgan fingerprint density at radius 2 is 1.65 bits per heavy atom. The van der Waals surface area contributed by atoms with Crippen molar-refractivity contribution < 1.29 is 14.1 Å². The van der Waals surface area contributed by atoms with Crippen molar-refractivity contribution in [2.75, 3.05) is 4.90 Å². The van der Waals surface area contributed by atoms with Crippen LogP contribution in [0, 0.1) is 10.1 Å². The Labute approximate surface area is 199 Å². The van der Waals surface area contributed by atoms with E-state index in [1.807, 2.05) is 60.7 Å². The van der Waals surface area contributed by atoms with Gasteiger partial charge in [0.1, 0.15) is 11.5 Å². The summed E-state index contributed by atoms with van der Waals surface area (Å²) in [5, 5.41) is 11.6. The van der Waals surface area contributed by atoms with E-state index < -0.39 is 4.92 Å². The molecule has 0 N–H and O–H groups in total. The first kappa shape index (κ1) is 21.4. The molecule has 1 saturated heterocycles. The third-order valence-corrected chi connectivity index (χ3v) is 6.01. The van der Waals surface area contributed by atoms with Crippen molar-refractivity contribution in [1.29, 1.82) is 0 Å². The number of thioether (sulfide) groups is 1. The smallest absolute Gasteiger partial charge is 0.271 e. The molecule has 2 heterocycles. The van der Waals surface area contributed by atoms with Gasteiger partial charge in [0.25, 0.3) is 11.6 Å². The van der Waals surface area contributed by atoms with E-state index in [1.165, 1.54) is 23.9 Å². The Balaban J connectivity index is 1.49. The van der Waals surface area contributed by atoms with Gasteiger partial charge in [0.2, 0.25) is 0 Å². The molecule has 4 aromatic rings. The van der Waals surface area contributed by atoms with Gasteiger partial charge in [0.15, 0.2) is 5.17 Å². The highest BCUT2D eigenvalue weighted by atomic mass is 32.2. The molecular weight excluding hydrogens is 450 g/mol. The number of aliphatic imine (C=N–C) groups is 1. The largest absolute Gasteiger partial charge is 0.457 e. The molecule has 7 nitrogen and oxygen atoms in total. The number of hydrogen-bond acceptors (Lipinski definition) is 6. The molecule has 1 aromatic heterocycles. The van der Waals surface area contributed by atoms with Gasteiger partial charge in [-0.25, -0.2) is 4.99 Å². The van der Waals surface area contributed by atoms with Crippen molar-refractivity contribution >= 4 is 46.0 Å². The van der Waals surface area contributed by atoms with Crippen molar-refractivity contribution in [2.45, 2.75) is 0 Å². The number of nitro benzene ring substituents is 1. The Morgan fingerprint density at radius 3 is 2.38 bits per heavy atom. The van der Waals surface area contributed by atoms with E-state index in [1.54, 1.807) is 35.2 Å². The molecule has 0 saturated carbocycles. The molecule has 0 bridgehead atoms. The highest BCUT2D eigenvalue weighted by molar-refractivity contribution is 8.19. The highest BCUT2D eigenvalue weighted by Crippen LogP contribution is 2.38. The zero-order chi connectivity index (χ0) is 23.5. The van der Waals surface area contributed by atoms with Crippen molar-refractivity contribution in [2.24, 2.45) is 4.99 Å². The lowest BCUT2D eigenvalue weighted by molar-refractivity contribution is -0.384. The Hall–Kier alpha value is -4.43. The molecule has 1 fully saturated rings. The first-order chi connectivity index (χ1) is 16.6. The molecule has 3 aromatic carbocycles. The summed E-state index contributed by atoms with van der Waals surface area (Å²) in [4.78, 5) is 30.7. The van der Waals surface area contributed by atoms with Crippen LogP contribution in [-0.2, 0) is 4.79 Å². The Morgan fingerprint density at radius 1 is 0.912 bits per heavy atom. The quantitative estimate of drug-likeness (QED) is 0.186. The second-order valence-corrected chi connectivity index (χ2v) is 8.34. The number of para-hydroxylation sites is 2. The number of nitro groups is 1. The number of carbonyl (C=O) groups is 1. The fourth-order valence-electron chi connectivity index (χ4n) is 3.45. The monoisotopic (exact) mass is 467 g/mol. The fraction of sp³-hybridized carbons (Fsp3) is 0. The second kappa shape index (κ2) is 9.21. The van der Waals surface area contributed by atoms with E-state index >= 15 is 0 Å². The van der Waals surface area contributed by atoms with E-state index in [0.717, 1.165) is 11.4 Å². The average Bonchev–Trinajstić information content (AvgIpc) is 3.45. The topological polar surface area (TPSA) is 88.9 Å². The fourth-order valence-corrected chi connectivity index (χ4v) is 4.43. The van der Waals surface area contributed by atoms with E-state index in [9.17, 15) is 14.9 Å². The average molecular weight is 468 g/mol. The maximum atomic E-state index is 13.3. The number of amides is 1. The van der Waals surface area contributed by atoms with Gasteiger partial charge in [-0.15, -0.1) is 0 Å². The summed E-state index contributed by atoms with van der Waals surface area (Å²) in [6.07, 6.45) is 1.66. The third-order valence-electron chi connectivity index (χ3n) is 5.04. The summed E-state index contributed by atoms with van der Waals surface area (Å²) in [6.45, 7) is 0. The maximum Gasteiger partial charge on any atom is 0.271 e. The number of benzene rings is 3. The summed E-state index contributed by atoms with van der Waals surface area (Å²) in [7, 11) is 0. The molecule has 166 valence electrons. The Kier molecular flexibility index (Phi) is 5.80. The lowest BCUT2D eigenvalue weighted by atomic mass is 10.1. The van der Waals surface area contributed by atoms with E-state index in [2.05, 4.69) is 4.99 Å². The summed E-state index contributed by atoms with van der Waals surface area (Å²) < 4.78 is 5.89. The first-order valence-corrected chi connectivity index (χ1v) is 11.2. The van der Waals surface area contributed by atoms with E-state index in [0.29, 0.717) is 27.2 Å². The zero-order valence-corrected chi connectivity index (χ0v) is 18.5. The van der Waals surface area contributed by atoms with Gasteiger partial charge in [-0.1, -0.05) is 48.5 Å². The highest BCUT2D eigenvalue weighted by Gasteiger charge is 2.35. The predicted molar refractivity (Wildman–Crippen MR) is 134 cm³/mol. The van der Waals surface area contributed by atoms with Gasteiger partial charge in [0, 0.05) is 23.8 Å². The molecule has 1 aliphatic heterocycles. The van der Waals surface area contributed by atoms with Gasteiger partial charge in [-0.3, -0.25) is 19.8 Å². The zero-order valence-electron chi connectivity index (χ0n) is 17.7. The van der Waals surface area contributed by atoms with Gasteiger partial charge in [0.05, 0.1) is 21.2 Å². The number of anilines is 1. The molecule has 0 spiro atoms. The molecule has 1 aliphatic rings. The summed E-state index contributed by atoms with van der Waals surface area (Å²) in [5.41, 5.74) is 2.03. The van der Waals surface area contributed by atoms with Gasteiger partial charge in [-0.05, 0) is 48.2 Å². The maximum absolute atomic E-state index is 13.3. The molecular formula is C26H17N3O4S. The van der Waals surface area contributed by atoms with Crippen LogP contribution in [0.2, 0.25) is 0 Å². The molecule has 0 aliphatic carbocycles. The lowest BCUT2D eigenvalue weighted by Gasteiger charge is -2.15. The SMILES string of the molecule is O=C1/C(=C\c2ccc(-c3cccc([N+](=O)[O-])c3)o2)SC(=Nc2ccccc2)N1c1ccccc1.